The van der Waals surface area contributed by atoms with Gasteiger partial charge >= 0.3 is 0 Å². The van der Waals surface area contributed by atoms with Crippen LogP contribution in [0.25, 0.3) is 21.9 Å². The predicted molar refractivity (Wildman–Crippen MR) is 64.0 cm³/mol. The molecule has 4 heteroatoms. The molecule has 2 heterocycles. The van der Waals surface area contributed by atoms with Crippen molar-refractivity contribution < 1.29 is 4.79 Å². The van der Waals surface area contributed by atoms with Crippen LogP contribution in [0, 0.1) is 0 Å². The predicted octanol–water partition coefficient (Wildman–Crippen LogP) is 3.18. The zero-order valence-electron chi connectivity index (χ0n) is 8.20. The van der Waals surface area contributed by atoms with Gasteiger partial charge in [-0.15, -0.1) is 0 Å². The summed E-state index contributed by atoms with van der Waals surface area (Å²) in [5.41, 5.74) is 2.31. The highest BCUT2D eigenvalue weighted by molar-refractivity contribution is 6.37. The molecule has 0 fully saturated rings. The van der Waals surface area contributed by atoms with Crippen LogP contribution in [0.3, 0.4) is 0 Å². The number of aldehydes is 1. The van der Waals surface area contributed by atoms with Gasteiger partial charge in [0, 0.05) is 28.0 Å². The van der Waals surface area contributed by atoms with Crippen LogP contribution in [0.15, 0.2) is 30.5 Å². The average molecular weight is 231 g/mol. The van der Waals surface area contributed by atoms with E-state index in [0.29, 0.717) is 10.6 Å². The molecule has 78 valence electrons. The SMILES string of the molecule is O=Cc1ccc2[nH]c3nccc(Cl)c3c2c1. The number of benzene rings is 1. The van der Waals surface area contributed by atoms with Gasteiger partial charge in [0.2, 0.25) is 0 Å². The molecule has 0 bridgehead atoms. The van der Waals surface area contributed by atoms with E-state index in [0.717, 1.165) is 28.2 Å². The van der Waals surface area contributed by atoms with Crippen molar-refractivity contribution in [2.75, 3.05) is 0 Å². The molecule has 0 saturated carbocycles. The van der Waals surface area contributed by atoms with Crippen molar-refractivity contribution in [2.24, 2.45) is 0 Å². The maximum Gasteiger partial charge on any atom is 0.150 e. The topological polar surface area (TPSA) is 45.8 Å². The van der Waals surface area contributed by atoms with Crippen molar-refractivity contribution in [3.8, 4) is 0 Å². The fourth-order valence-electron chi connectivity index (χ4n) is 1.87. The van der Waals surface area contributed by atoms with Gasteiger partial charge in [-0.1, -0.05) is 11.6 Å². The van der Waals surface area contributed by atoms with E-state index < -0.39 is 0 Å². The zero-order valence-corrected chi connectivity index (χ0v) is 8.95. The third kappa shape index (κ3) is 1.22. The summed E-state index contributed by atoms with van der Waals surface area (Å²) in [6.45, 7) is 0. The first-order valence-corrected chi connectivity index (χ1v) is 5.18. The molecular weight excluding hydrogens is 224 g/mol. The minimum atomic E-state index is 0.633. The number of nitrogens with zero attached hydrogens (tertiary/aromatic N) is 1. The summed E-state index contributed by atoms with van der Waals surface area (Å²) >= 11 is 6.12. The molecule has 2 aromatic heterocycles. The van der Waals surface area contributed by atoms with Gasteiger partial charge in [-0.05, 0) is 24.3 Å². The molecule has 16 heavy (non-hydrogen) atoms. The molecule has 1 aromatic carbocycles. The minimum Gasteiger partial charge on any atom is -0.339 e. The molecule has 3 rings (SSSR count). The Bertz CT molecular complexity index is 703. The molecule has 1 N–H and O–H groups in total. The van der Waals surface area contributed by atoms with E-state index in [1.165, 1.54) is 0 Å². The van der Waals surface area contributed by atoms with E-state index in [2.05, 4.69) is 9.97 Å². The number of rotatable bonds is 1. The van der Waals surface area contributed by atoms with E-state index in [4.69, 9.17) is 11.6 Å². The highest BCUT2D eigenvalue weighted by Gasteiger charge is 2.08. The van der Waals surface area contributed by atoms with E-state index >= 15 is 0 Å². The van der Waals surface area contributed by atoms with Crippen LogP contribution in [-0.2, 0) is 0 Å². The van der Waals surface area contributed by atoms with Crippen molar-refractivity contribution in [3.63, 3.8) is 0 Å². The standard InChI is InChI=1S/C12H7ClN2O/c13-9-3-4-14-12-11(9)8-5-7(6-16)1-2-10(8)15-12/h1-6H,(H,14,15). The van der Waals surface area contributed by atoms with Crippen LogP contribution >= 0.6 is 11.6 Å². The van der Waals surface area contributed by atoms with Crippen molar-refractivity contribution in [2.45, 2.75) is 0 Å². The van der Waals surface area contributed by atoms with Crippen LogP contribution in [-0.4, -0.2) is 16.3 Å². The van der Waals surface area contributed by atoms with E-state index in [1.54, 1.807) is 18.3 Å². The second-order valence-corrected chi connectivity index (χ2v) is 3.97. The van der Waals surface area contributed by atoms with Crippen LogP contribution in [0.2, 0.25) is 5.02 Å². The smallest absolute Gasteiger partial charge is 0.150 e. The van der Waals surface area contributed by atoms with Gasteiger partial charge in [0.1, 0.15) is 11.9 Å². The summed E-state index contributed by atoms with van der Waals surface area (Å²) in [6, 6.07) is 7.18. The molecule has 0 spiro atoms. The summed E-state index contributed by atoms with van der Waals surface area (Å²) in [5.74, 6) is 0. The van der Waals surface area contributed by atoms with Gasteiger partial charge in [-0.3, -0.25) is 4.79 Å². The van der Waals surface area contributed by atoms with Gasteiger partial charge in [-0.2, -0.15) is 0 Å². The fraction of sp³-hybridized carbons (Fsp3) is 0. The average Bonchev–Trinajstić information content (AvgIpc) is 2.67. The number of hydrogen-bond acceptors (Lipinski definition) is 2. The number of hydrogen-bond donors (Lipinski definition) is 1. The molecule has 0 aliphatic heterocycles. The second-order valence-electron chi connectivity index (χ2n) is 3.56. The quantitative estimate of drug-likeness (QED) is 0.653. The van der Waals surface area contributed by atoms with Gasteiger partial charge in [0.15, 0.2) is 0 Å². The summed E-state index contributed by atoms with van der Waals surface area (Å²) in [5, 5.41) is 2.43. The lowest BCUT2D eigenvalue weighted by Crippen LogP contribution is -1.78. The molecule has 0 saturated heterocycles. The maximum absolute atomic E-state index is 10.7. The Kier molecular flexibility index (Phi) is 1.94. The maximum atomic E-state index is 10.7. The third-order valence-corrected chi connectivity index (χ3v) is 2.92. The largest absolute Gasteiger partial charge is 0.339 e. The summed E-state index contributed by atoms with van der Waals surface area (Å²) in [4.78, 5) is 18.1. The van der Waals surface area contributed by atoms with Crippen molar-refractivity contribution in [1.29, 1.82) is 0 Å². The van der Waals surface area contributed by atoms with Gasteiger partial charge in [-0.25, -0.2) is 4.98 Å². The molecule has 3 aromatic rings. The Labute approximate surface area is 96.1 Å². The Morgan fingerprint density at radius 2 is 2.19 bits per heavy atom. The highest BCUT2D eigenvalue weighted by atomic mass is 35.5. The van der Waals surface area contributed by atoms with E-state index in [-0.39, 0.29) is 0 Å². The lowest BCUT2D eigenvalue weighted by molar-refractivity contribution is 0.112. The van der Waals surface area contributed by atoms with E-state index in [1.807, 2.05) is 12.1 Å². The number of aromatic amines is 1. The summed E-state index contributed by atoms with van der Waals surface area (Å²) in [7, 11) is 0. The number of aromatic nitrogens is 2. The van der Waals surface area contributed by atoms with Crippen LogP contribution in [0.5, 0.6) is 0 Å². The normalized spacial score (nSPS) is 11.1. The van der Waals surface area contributed by atoms with Crippen LogP contribution in [0.1, 0.15) is 10.4 Å². The number of pyridine rings is 1. The van der Waals surface area contributed by atoms with Gasteiger partial charge < -0.3 is 4.98 Å². The van der Waals surface area contributed by atoms with Crippen molar-refractivity contribution in [3.05, 3.63) is 41.0 Å². The molecule has 0 aliphatic rings. The zero-order chi connectivity index (χ0) is 11.1. The Hall–Kier alpha value is -1.87. The van der Waals surface area contributed by atoms with Gasteiger partial charge in [0.25, 0.3) is 0 Å². The first-order chi connectivity index (χ1) is 7.79. The van der Waals surface area contributed by atoms with Crippen LogP contribution < -0.4 is 0 Å². The molecule has 0 unspecified atom stereocenters. The Balaban J connectivity index is 2.54. The summed E-state index contributed by atoms with van der Waals surface area (Å²) < 4.78 is 0. The lowest BCUT2D eigenvalue weighted by atomic mass is 10.1. The van der Waals surface area contributed by atoms with E-state index in [9.17, 15) is 4.79 Å². The molecule has 0 amide bonds. The Morgan fingerprint density at radius 1 is 1.31 bits per heavy atom. The molecule has 3 nitrogen and oxygen atoms in total. The number of fused-ring (bicyclic) bond motifs is 3. The first kappa shape index (κ1) is 9.36. The number of halogens is 1. The van der Waals surface area contributed by atoms with Gasteiger partial charge in [0.05, 0.1) is 5.02 Å². The number of nitrogens with one attached hydrogen (secondary N) is 1. The van der Waals surface area contributed by atoms with Crippen molar-refractivity contribution >= 4 is 39.8 Å². The third-order valence-electron chi connectivity index (χ3n) is 2.60. The molecule has 0 radical (unpaired) electrons. The number of carbonyl (C=O) groups is 1. The van der Waals surface area contributed by atoms with Crippen molar-refractivity contribution in [1.82, 2.24) is 9.97 Å². The lowest BCUT2D eigenvalue weighted by Gasteiger charge is -1.94. The second kappa shape index (κ2) is 3.32. The molecule has 0 atom stereocenters. The highest BCUT2D eigenvalue weighted by Crippen LogP contribution is 2.30. The molecular formula is C12H7ClN2O. The first-order valence-electron chi connectivity index (χ1n) is 4.81. The summed E-state index contributed by atoms with van der Waals surface area (Å²) in [6.07, 6.45) is 2.48. The monoisotopic (exact) mass is 230 g/mol. The number of H-pyrrole nitrogens is 1. The fourth-order valence-corrected chi connectivity index (χ4v) is 2.12. The number of carbonyl (C=O) groups excluding carboxylic acids is 1. The van der Waals surface area contributed by atoms with Crippen LogP contribution in [0.4, 0.5) is 0 Å². The Morgan fingerprint density at radius 3 is 3.00 bits per heavy atom. The molecule has 0 aliphatic carbocycles. The minimum absolute atomic E-state index is 0.633.